The van der Waals surface area contributed by atoms with Crippen molar-refractivity contribution in [3.8, 4) is 5.75 Å². The van der Waals surface area contributed by atoms with E-state index in [1.54, 1.807) is 32.9 Å². The number of aliphatic carboxylic acids is 1. The molecule has 0 aliphatic heterocycles. The standard InChI is InChI=1S/C23H28N2O7S2/c1-23(2,3)22(29)32-15-9-11-16(12-10-15)34(30,31)25-18-8-6-5-7-17(18)20(26)24-19(21(27)28)13-14-33-4/h5-12,19,25H,13-14H2,1-4H3,(H,24,26)(H,27,28)/t19-/m1/s1. The predicted molar refractivity (Wildman–Crippen MR) is 131 cm³/mol. The second kappa shape index (κ2) is 11.4. The van der Waals surface area contributed by atoms with Crippen LogP contribution in [-0.2, 0) is 19.6 Å². The summed E-state index contributed by atoms with van der Waals surface area (Å²) < 4.78 is 33.4. The Morgan fingerprint density at radius 2 is 1.68 bits per heavy atom. The highest BCUT2D eigenvalue weighted by Crippen LogP contribution is 2.24. The van der Waals surface area contributed by atoms with Gasteiger partial charge in [-0.05, 0) is 75.6 Å². The third kappa shape index (κ3) is 7.49. The largest absolute Gasteiger partial charge is 0.480 e. The van der Waals surface area contributed by atoms with Gasteiger partial charge in [0.05, 0.1) is 21.6 Å². The third-order valence-corrected chi connectivity index (χ3v) is 6.61. The fourth-order valence-electron chi connectivity index (χ4n) is 2.65. The summed E-state index contributed by atoms with van der Waals surface area (Å²) in [6.45, 7) is 5.10. The second-order valence-electron chi connectivity index (χ2n) is 8.41. The van der Waals surface area contributed by atoms with Crippen molar-refractivity contribution in [3.63, 3.8) is 0 Å². The van der Waals surface area contributed by atoms with Crippen molar-refractivity contribution in [3.05, 3.63) is 54.1 Å². The molecular weight excluding hydrogens is 480 g/mol. The van der Waals surface area contributed by atoms with Crippen LogP contribution in [0.1, 0.15) is 37.6 Å². The monoisotopic (exact) mass is 508 g/mol. The van der Waals surface area contributed by atoms with Gasteiger partial charge < -0.3 is 15.2 Å². The molecule has 0 bridgehead atoms. The summed E-state index contributed by atoms with van der Waals surface area (Å²) in [4.78, 5) is 36.1. The lowest BCUT2D eigenvalue weighted by molar-refractivity contribution is -0.143. The van der Waals surface area contributed by atoms with Gasteiger partial charge in [0.25, 0.3) is 15.9 Å². The van der Waals surface area contributed by atoms with Crippen LogP contribution < -0.4 is 14.8 Å². The Hall–Kier alpha value is -3.05. The van der Waals surface area contributed by atoms with E-state index in [0.29, 0.717) is 5.75 Å². The van der Waals surface area contributed by atoms with Gasteiger partial charge >= 0.3 is 11.9 Å². The number of hydrogen-bond acceptors (Lipinski definition) is 7. The van der Waals surface area contributed by atoms with Crippen molar-refractivity contribution in [2.45, 2.75) is 38.1 Å². The normalized spacial score (nSPS) is 12.5. The molecule has 0 aliphatic carbocycles. The summed E-state index contributed by atoms with van der Waals surface area (Å²) >= 11 is 1.45. The summed E-state index contributed by atoms with van der Waals surface area (Å²) in [6.07, 6.45) is 2.05. The molecule has 0 radical (unpaired) electrons. The first-order valence-corrected chi connectivity index (χ1v) is 13.2. The van der Waals surface area contributed by atoms with Crippen LogP contribution in [0.4, 0.5) is 5.69 Å². The molecule has 0 spiro atoms. The summed E-state index contributed by atoms with van der Waals surface area (Å²) in [5, 5.41) is 11.8. The molecule has 0 fully saturated rings. The molecule has 0 heterocycles. The quantitative estimate of drug-likeness (QED) is 0.328. The number of carboxylic acid groups (broad SMARTS) is 1. The molecule has 2 aromatic rings. The number of hydrogen-bond donors (Lipinski definition) is 3. The third-order valence-electron chi connectivity index (χ3n) is 4.59. The number of carboxylic acids is 1. The number of carbonyl (C=O) groups excluding carboxylic acids is 2. The van der Waals surface area contributed by atoms with E-state index in [-0.39, 0.29) is 28.3 Å². The van der Waals surface area contributed by atoms with E-state index in [4.69, 9.17) is 4.74 Å². The van der Waals surface area contributed by atoms with Crippen molar-refractivity contribution < 1.29 is 32.6 Å². The lowest BCUT2D eigenvalue weighted by atomic mass is 9.97. The Morgan fingerprint density at radius 3 is 2.24 bits per heavy atom. The summed E-state index contributed by atoms with van der Waals surface area (Å²) in [5.41, 5.74) is -0.736. The molecule has 0 saturated heterocycles. The zero-order valence-corrected chi connectivity index (χ0v) is 21.0. The number of nitrogens with one attached hydrogen (secondary N) is 2. The number of carbonyl (C=O) groups is 3. The maximum absolute atomic E-state index is 12.9. The summed E-state index contributed by atoms with van der Waals surface area (Å²) in [5.74, 6) is -1.61. The highest BCUT2D eigenvalue weighted by atomic mass is 32.2. The number of amides is 1. The van der Waals surface area contributed by atoms with Gasteiger partial charge in [-0.2, -0.15) is 11.8 Å². The maximum Gasteiger partial charge on any atom is 0.326 e. The topological polar surface area (TPSA) is 139 Å². The van der Waals surface area contributed by atoms with Gasteiger partial charge in [-0.1, -0.05) is 12.1 Å². The van der Waals surface area contributed by atoms with Crippen molar-refractivity contribution >= 4 is 45.3 Å². The van der Waals surface area contributed by atoms with Gasteiger partial charge in [0.2, 0.25) is 0 Å². The number of benzene rings is 2. The fourth-order valence-corrected chi connectivity index (χ4v) is 4.20. The molecule has 0 aliphatic rings. The first kappa shape index (κ1) is 27.2. The number of esters is 1. The number of para-hydroxylation sites is 1. The highest BCUT2D eigenvalue weighted by molar-refractivity contribution is 7.98. The van der Waals surface area contributed by atoms with Crippen LogP contribution in [0.2, 0.25) is 0 Å². The Bertz CT molecular complexity index is 1140. The van der Waals surface area contributed by atoms with Crippen LogP contribution in [0.15, 0.2) is 53.4 Å². The second-order valence-corrected chi connectivity index (χ2v) is 11.1. The number of ether oxygens (including phenoxy) is 1. The van der Waals surface area contributed by atoms with Crippen LogP contribution in [0.3, 0.4) is 0 Å². The molecule has 0 unspecified atom stereocenters. The molecule has 34 heavy (non-hydrogen) atoms. The molecular formula is C23H28N2O7S2. The smallest absolute Gasteiger partial charge is 0.326 e. The van der Waals surface area contributed by atoms with E-state index in [0.717, 1.165) is 0 Å². The number of anilines is 1. The van der Waals surface area contributed by atoms with Crippen LogP contribution >= 0.6 is 11.8 Å². The summed E-state index contributed by atoms with van der Waals surface area (Å²) in [6, 6.07) is 10.1. The van der Waals surface area contributed by atoms with E-state index in [2.05, 4.69) is 10.0 Å². The molecule has 184 valence electrons. The Morgan fingerprint density at radius 1 is 1.06 bits per heavy atom. The van der Waals surface area contributed by atoms with Crippen LogP contribution in [0.25, 0.3) is 0 Å². The van der Waals surface area contributed by atoms with Gasteiger partial charge in [0.15, 0.2) is 0 Å². The zero-order valence-electron chi connectivity index (χ0n) is 19.3. The minimum atomic E-state index is -4.09. The lowest BCUT2D eigenvalue weighted by Crippen LogP contribution is -2.41. The van der Waals surface area contributed by atoms with Crippen LogP contribution in [0.5, 0.6) is 5.75 Å². The average Bonchev–Trinajstić information content (AvgIpc) is 2.76. The molecule has 1 amide bonds. The van der Waals surface area contributed by atoms with Crippen molar-refractivity contribution in [2.75, 3.05) is 16.7 Å². The molecule has 3 N–H and O–H groups in total. The fraction of sp³-hybridized carbons (Fsp3) is 0.348. The molecule has 0 aromatic heterocycles. The van der Waals surface area contributed by atoms with Crippen LogP contribution in [0, 0.1) is 5.41 Å². The predicted octanol–water partition coefficient (Wildman–Crippen LogP) is 3.38. The maximum atomic E-state index is 12.9. The number of thioether (sulfide) groups is 1. The minimum Gasteiger partial charge on any atom is -0.480 e. The van der Waals surface area contributed by atoms with E-state index in [9.17, 15) is 27.9 Å². The Labute approximate surface area is 203 Å². The molecule has 0 saturated carbocycles. The van der Waals surface area contributed by atoms with E-state index >= 15 is 0 Å². The highest BCUT2D eigenvalue weighted by Gasteiger charge is 2.25. The van der Waals surface area contributed by atoms with E-state index < -0.39 is 39.3 Å². The van der Waals surface area contributed by atoms with Crippen LogP contribution in [-0.4, -0.2) is 49.4 Å². The summed E-state index contributed by atoms with van der Waals surface area (Å²) in [7, 11) is -4.09. The molecule has 9 nitrogen and oxygen atoms in total. The number of rotatable bonds is 10. The Kier molecular flexibility index (Phi) is 9.11. The Balaban J connectivity index is 2.21. The first-order valence-electron chi connectivity index (χ1n) is 10.3. The minimum absolute atomic E-state index is 0.00255. The van der Waals surface area contributed by atoms with Crippen molar-refractivity contribution in [1.29, 1.82) is 0 Å². The lowest BCUT2D eigenvalue weighted by Gasteiger charge is -2.17. The zero-order chi connectivity index (χ0) is 25.5. The van der Waals surface area contributed by atoms with Gasteiger partial charge in [-0.25, -0.2) is 13.2 Å². The van der Waals surface area contributed by atoms with Crippen molar-refractivity contribution in [1.82, 2.24) is 5.32 Å². The average molecular weight is 509 g/mol. The van der Waals surface area contributed by atoms with Gasteiger partial charge in [0, 0.05) is 0 Å². The molecule has 2 rings (SSSR count). The van der Waals surface area contributed by atoms with E-state index in [1.165, 1.54) is 48.2 Å². The number of sulfonamides is 1. The molecule has 2 aromatic carbocycles. The molecule has 1 atom stereocenters. The van der Waals surface area contributed by atoms with Gasteiger partial charge in [-0.3, -0.25) is 14.3 Å². The van der Waals surface area contributed by atoms with Gasteiger partial charge in [-0.15, -0.1) is 0 Å². The van der Waals surface area contributed by atoms with Gasteiger partial charge in [0.1, 0.15) is 11.8 Å². The van der Waals surface area contributed by atoms with Crippen molar-refractivity contribution in [2.24, 2.45) is 5.41 Å². The SMILES string of the molecule is CSCC[C@@H](NC(=O)c1ccccc1NS(=O)(=O)c1ccc(OC(=O)C(C)(C)C)cc1)C(=O)O. The molecule has 11 heteroatoms. The first-order chi connectivity index (χ1) is 15.8. The van der Waals surface area contributed by atoms with E-state index in [1.807, 2.05) is 6.26 Å².